The molecular formula is C20H23NO5S. The van der Waals surface area contributed by atoms with Gasteiger partial charge in [-0.2, -0.15) is 0 Å². The Labute approximate surface area is 163 Å². The summed E-state index contributed by atoms with van der Waals surface area (Å²) in [4.78, 5) is 13.5. The van der Waals surface area contributed by atoms with Crippen molar-refractivity contribution in [2.75, 3.05) is 25.8 Å². The van der Waals surface area contributed by atoms with E-state index in [2.05, 4.69) is 11.9 Å². The summed E-state index contributed by atoms with van der Waals surface area (Å²) in [6, 6.07) is 12.2. The van der Waals surface area contributed by atoms with Crippen molar-refractivity contribution in [2.45, 2.75) is 17.1 Å². The number of methoxy groups -OCH3 is 2. The summed E-state index contributed by atoms with van der Waals surface area (Å²) in [6.07, 6.45) is 1.48. The van der Waals surface area contributed by atoms with E-state index in [1.54, 1.807) is 36.0 Å². The Balaban J connectivity index is 2.19. The summed E-state index contributed by atoms with van der Waals surface area (Å²) in [6.45, 7) is 3.72. The molecule has 2 aromatic carbocycles. The van der Waals surface area contributed by atoms with Crippen LogP contribution in [-0.2, 0) is 9.47 Å². The average Bonchev–Trinajstić information content (AvgIpc) is 2.68. The zero-order chi connectivity index (χ0) is 19.8. The van der Waals surface area contributed by atoms with E-state index in [-0.39, 0.29) is 5.75 Å². The summed E-state index contributed by atoms with van der Waals surface area (Å²) >= 11 is 1.61. The molecule has 0 aromatic heterocycles. The van der Waals surface area contributed by atoms with Gasteiger partial charge in [-0.25, -0.2) is 4.79 Å². The fraction of sp³-hybridized carbons (Fsp3) is 0.250. The molecule has 0 heterocycles. The third-order valence-corrected chi connectivity index (χ3v) is 4.65. The SMILES string of the molecule is C=C[C@H](OC)[C@@H](OC(=O)Nc1ccc(SC)cc1)c1ccc(OC)c(O)c1. The molecule has 0 aliphatic rings. The highest BCUT2D eigenvalue weighted by Crippen LogP contribution is 2.32. The van der Waals surface area contributed by atoms with Crippen LogP contribution in [0.15, 0.2) is 60.0 Å². The van der Waals surface area contributed by atoms with Crippen molar-refractivity contribution in [1.29, 1.82) is 0 Å². The number of aromatic hydroxyl groups is 1. The van der Waals surface area contributed by atoms with Crippen LogP contribution in [0.25, 0.3) is 0 Å². The van der Waals surface area contributed by atoms with Crippen LogP contribution in [0.2, 0.25) is 0 Å². The highest BCUT2D eigenvalue weighted by atomic mass is 32.2. The Bertz CT molecular complexity index is 778. The maximum absolute atomic E-state index is 12.4. The second-order valence-corrected chi connectivity index (χ2v) is 6.43. The number of hydrogen-bond acceptors (Lipinski definition) is 6. The molecule has 2 N–H and O–H groups in total. The van der Waals surface area contributed by atoms with E-state index < -0.39 is 18.3 Å². The number of phenols is 1. The minimum absolute atomic E-state index is 0.0597. The summed E-state index contributed by atoms with van der Waals surface area (Å²) in [5, 5.41) is 12.7. The minimum Gasteiger partial charge on any atom is -0.504 e. The van der Waals surface area contributed by atoms with E-state index in [0.717, 1.165) is 4.90 Å². The van der Waals surface area contributed by atoms with E-state index >= 15 is 0 Å². The van der Waals surface area contributed by atoms with Gasteiger partial charge in [0.25, 0.3) is 0 Å². The zero-order valence-electron chi connectivity index (χ0n) is 15.5. The molecule has 0 unspecified atom stereocenters. The fourth-order valence-corrected chi connectivity index (χ4v) is 2.90. The maximum atomic E-state index is 12.4. The molecule has 0 aliphatic heterocycles. The minimum atomic E-state index is -0.797. The van der Waals surface area contributed by atoms with E-state index in [1.807, 2.05) is 18.4 Å². The van der Waals surface area contributed by atoms with Crippen LogP contribution in [0, 0.1) is 0 Å². The molecule has 0 saturated heterocycles. The lowest BCUT2D eigenvalue weighted by atomic mass is 10.0. The van der Waals surface area contributed by atoms with Crippen molar-refractivity contribution < 1.29 is 24.1 Å². The summed E-state index contributed by atoms with van der Waals surface area (Å²) in [5.41, 5.74) is 1.16. The number of benzene rings is 2. The lowest BCUT2D eigenvalue weighted by Gasteiger charge is -2.24. The second kappa shape index (κ2) is 9.89. The number of thioether (sulfide) groups is 1. The second-order valence-electron chi connectivity index (χ2n) is 5.55. The molecule has 2 atom stereocenters. The van der Waals surface area contributed by atoms with E-state index in [1.165, 1.54) is 26.4 Å². The zero-order valence-corrected chi connectivity index (χ0v) is 16.3. The van der Waals surface area contributed by atoms with Crippen molar-refractivity contribution in [2.24, 2.45) is 0 Å². The first kappa shape index (κ1) is 20.7. The molecule has 0 spiro atoms. The van der Waals surface area contributed by atoms with Crippen LogP contribution in [0.3, 0.4) is 0 Å². The van der Waals surface area contributed by atoms with Gasteiger partial charge in [0.1, 0.15) is 6.10 Å². The molecule has 0 radical (unpaired) electrons. The van der Waals surface area contributed by atoms with Crippen LogP contribution in [0.4, 0.5) is 10.5 Å². The molecule has 6 nitrogen and oxygen atoms in total. The van der Waals surface area contributed by atoms with Crippen molar-refractivity contribution in [1.82, 2.24) is 0 Å². The number of rotatable bonds is 8. The summed E-state index contributed by atoms with van der Waals surface area (Å²) in [5.74, 6) is 0.263. The summed E-state index contributed by atoms with van der Waals surface area (Å²) < 4.78 is 16.0. The topological polar surface area (TPSA) is 77.0 Å². The van der Waals surface area contributed by atoms with E-state index in [9.17, 15) is 9.90 Å². The first-order valence-electron chi connectivity index (χ1n) is 8.16. The van der Waals surface area contributed by atoms with Crippen LogP contribution in [-0.4, -0.2) is 37.8 Å². The quantitative estimate of drug-likeness (QED) is 0.507. The number of phenolic OH excluding ortho intramolecular Hbond substituents is 1. The first-order valence-corrected chi connectivity index (χ1v) is 9.38. The Morgan fingerprint density at radius 1 is 1.22 bits per heavy atom. The monoisotopic (exact) mass is 389 g/mol. The van der Waals surface area contributed by atoms with E-state index in [0.29, 0.717) is 17.0 Å². The van der Waals surface area contributed by atoms with Gasteiger partial charge >= 0.3 is 6.09 Å². The van der Waals surface area contributed by atoms with Gasteiger partial charge in [-0.3, -0.25) is 5.32 Å². The average molecular weight is 389 g/mol. The highest BCUT2D eigenvalue weighted by Gasteiger charge is 2.26. The molecule has 0 fully saturated rings. The number of amides is 1. The molecule has 2 aromatic rings. The van der Waals surface area contributed by atoms with Gasteiger partial charge in [0.15, 0.2) is 17.6 Å². The van der Waals surface area contributed by atoms with Gasteiger partial charge in [-0.15, -0.1) is 18.3 Å². The molecule has 0 saturated carbocycles. The third kappa shape index (κ3) is 5.42. The molecule has 27 heavy (non-hydrogen) atoms. The van der Waals surface area contributed by atoms with Gasteiger partial charge in [0, 0.05) is 17.7 Å². The van der Waals surface area contributed by atoms with Crippen LogP contribution < -0.4 is 10.1 Å². The molecule has 0 aliphatic carbocycles. The van der Waals surface area contributed by atoms with Crippen molar-refractivity contribution in [3.63, 3.8) is 0 Å². The predicted molar refractivity (Wildman–Crippen MR) is 107 cm³/mol. The molecule has 2 rings (SSSR count). The molecule has 0 bridgehead atoms. The van der Waals surface area contributed by atoms with E-state index in [4.69, 9.17) is 14.2 Å². The van der Waals surface area contributed by atoms with Crippen LogP contribution in [0.1, 0.15) is 11.7 Å². The van der Waals surface area contributed by atoms with Crippen molar-refractivity contribution in [3.05, 3.63) is 60.7 Å². The number of nitrogens with one attached hydrogen (secondary N) is 1. The van der Waals surface area contributed by atoms with Crippen LogP contribution in [0.5, 0.6) is 11.5 Å². The fourth-order valence-electron chi connectivity index (χ4n) is 2.49. The third-order valence-electron chi connectivity index (χ3n) is 3.90. The van der Waals surface area contributed by atoms with Crippen molar-refractivity contribution in [3.8, 4) is 11.5 Å². The predicted octanol–water partition coefficient (Wildman–Crippen LogP) is 4.61. The van der Waals surface area contributed by atoms with Gasteiger partial charge in [0.05, 0.1) is 7.11 Å². The largest absolute Gasteiger partial charge is 0.504 e. The Hall–Kier alpha value is -2.64. The normalized spacial score (nSPS) is 12.7. The number of carbonyl (C=O) groups excluding carboxylic acids is 1. The van der Waals surface area contributed by atoms with Gasteiger partial charge < -0.3 is 19.3 Å². The first-order chi connectivity index (χ1) is 13.0. The highest BCUT2D eigenvalue weighted by molar-refractivity contribution is 7.98. The number of hydrogen-bond donors (Lipinski definition) is 2. The van der Waals surface area contributed by atoms with Gasteiger partial charge in [0.2, 0.25) is 0 Å². The molecule has 144 valence electrons. The number of anilines is 1. The smallest absolute Gasteiger partial charge is 0.412 e. The maximum Gasteiger partial charge on any atom is 0.412 e. The molecule has 7 heteroatoms. The summed E-state index contributed by atoms with van der Waals surface area (Å²) in [7, 11) is 2.95. The molecular weight excluding hydrogens is 366 g/mol. The van der Waals surface area contributed by atoms with Gasteiger partial charge in [-0.05, 0) is 48.2 Å². The lowest BCUT2D eigenvalue weighted by molar-refractivity contribution is 0.00591. The Kier molecular flexibility index (Phi) is 7.57. The van der Waals surface area contributed by atoms with Crippen LogP contribution >= 0.6 is 11.8 Å². The number of carbonyl (C=O) groups is 1. The van der Waals surface area contributed by atoms with Gasteiger partial charge in [-0.1, -0.05) is 12.1 Å². The Morgan fingerprint density at radius 3 is 2.44 bits per heavy atom. The number of ether oxygens (including phenoxy) is 3. The molecule has 1 amide bonds. The van der Waals surface area contributed by atoms with Crippen molar-refractivity contribution >= 4 is 23.5 Å². The Morgan fingerprint density at radius 2 is 1.93 bits per heavy atom. The standard InChI is InChI=1S/C20H23NO5S/c1-5-17(24-2)19(13-6-11-18(25-3)16(22)12-13)26-20(23)21-14-7-9-15(27-4)10-8-14/h5-12,17,19,22H,1H2,2-4H3,(H,21,23)/t17-,19-/m0/s1. The lowest BCUT2D eigenvalue weighted by Crippen LogP contribution is -2.26.